The summed E-state index contributed by atoms with van der Waals surface area (Å²) in [6.07, 6.45) is 7.36. The van der Waals surface area contributed by atoms with Crippen LogP contribution in [0.4, 0.5) is 0 Å². The molecule has 0 rings (SSSR count). The molecule has 0 aliphatic heterocycles. The highest BCUT2D eigenvalue weighted by atomic mass is 16.3. The van der Waals surface area contributed by atoms with E-state index < -0.39 is 6.10 Å². The Kier molecular flexibility index (Phi) is 3.09. The summed E-state index contributed by atoms with van der Waals surface area (Å²) in [6, 6.07) is 0. The normalized spacial score (nSPS) is 13.9. The number of terminal acetylenes is 1. The number of rotatable bonds is 1. The Hall–Kier alpha value is -0.740. The molecular weight excluding hydrogens is 88.1 g/mol. The molecule has 0 aliphatic rings. The molecule has 1 N–H and O–H groups in total. The van der Waals surface area contributed by atoms with Gasteiger partial charge in [-0.1, -0.05) is 12.0 Å². The zero-order valence-corrected chi connectivity index (χ0v) is 4.26. The van der Waals surface area contributed by atoms with Crippen LogP contribution in [0.2, 0.25) is 0 Å². The van der Waals surface area contributed by atoms with Crippen LogP contribution in [0.25, 0.3) is 0 Å². The van der Waals surface area contributed by atoms with Crippen molar-refractivity contribution in [3.05, 3.63) is 12.2 Å². The zero-order valence-electron chi connectivity index (χ0n) is 4.26. The minimum absolute atomic E-state index is 0.704. The van der Waals surface area contributed by atoms with Gasteiger partial charge >= 0.3 is 0 Å². The van der Waals surface area contributed by atoms with Gasteiger partial charge in [-0.15, -0.1) is 6.42 Å². The van der Waals surface area contributed by atoms with Crippen molar-refractivity contribution in [3.8, 4) is 12.3 Å². The molecule has 7 heavy (non-hydrogen) atoms. The summed E-state index contributed by atoms with van der Waals surface area (Å²) in [5.41, 5.74) is 0. The van der Waals surface area contributed by atoms with Crippen molar-refractivity contribution in [2.24, 2.45) is 0 Å². The van der Waals surface area contributed by atoms with Crippen LogP contribution in [0.3, 0.4) is 0 Å². The van der Waals surface area contributed by atoms with E-state index in [2.05, 4.69) is 5.92 Å². The summed E-state index contributed by atoms with van der Waals surface area (Å²) in [5, 5.41) is 8.54. The molecule has 1 nitrogen and oxygen atoms in total. The minimum atomic E-state index is -0.704. The molecule has 38 valence electrons. The number of hydrogen-bond acceptors (Lipinski definition) is 1. The van der Waals surface area contributed by atoms with Crippen molar-refractivity contribution in [2.45, 2.75) is 13.0 Å². The molecular formula is C6H8O. The largest absolute Gasteiger partial charge is 0.377 e. The van der Waals surface area contributed by atoms with E-state index in [0.29, 0.717) is 0 Å². The van der Waals surface area contributed by atoms with Crippen LogP contribution in [0.1, 0.15) is 6.92 Å². The molecule has 0 heterocycles. The molecule has 0 aromatic heterocycles. The summed E-state index contributed by atoms with van der Waals surface area (Å²) >= 11 is 0. The van der Waals surface area contributed by atoms with E-state index >= 15 is 0 Å². The van der Waals surface area contributed by atoms with Crippen LogP contribution < -0.4 is 0 Å². The SMILES string of the molecule is C#CC(O)C=CC. The average molecular weight is 96.1 g/mol. The first-order valence-electron chi connectivity index (χ1n) is 2.08. The number of allylic oxidation sites excluding steroid dienone is 1. The van der Waals surface area contributed by atoms with Gasteiger partial charge < -0.3 is 5.11 Å². The standard InChI is InChI=1S/C6H8O/c1-3-5-6(7)4-2/h2-3,5-7H,1H3. The highest BCUT2D eigenvalue weighted by Gasteiger charge is 1.83. The van der Waals surface area contributed by atoms with Crippen molar-refractivity contribution in [2.75, 3.05) is 0 Å². The molecule has 0 amide bonds. The maximum absolute atomic E-state index is 8.54. The number of aliphatic hydroxyl groups excluding tert-OH is 1. The topological polar surface area (TPSA) is 20.2 Å². The summed E-state index contributed by atoms with van der Waals surface area (Å²) in [4.78, 5) is 0. The van der Waals surface area contributed by atoms with Gasteiger partial charge in [0.2, 0.25) is 0 Å². The maximum atomic E-state index is 8.54. The van der Waals surface area contributed by atoms with E-state index in [1.807, 2.05) is 0 Å². The fourth-order valence-electron chi connectivity index (χ4n) is 0.238. The maximum Gasteiger partial charge on any atom is 0.133 e. The molecule has 0 aromatic carbocycles. The monoisotopic (exact) mass is 96.1 g/mol. The van der Waals surface area contributed by atoms with Crippen LogP contribution in [0.15, 0.2) is 12.2 Å². The Bertz CT molecular complexity index is 97.2. The Morgan fingerprint density at radius 2 is 2.43 bits per heavy atom. The van der Waals surface area contributed by atoms with Gasteiger partial charge in [0.15, 0.2) is 0 Å². The van der Waals surface area contributed by atoms with Crippen LogP contribution >= 0.6 is 0 Å². The summed E-state index contributed by atoms with van der Waals surface area (Å²) in [7, 11) is 0. The molecule has 0 bridgehead atoms. The molecule has 0 aromatic rings. The van der Waals surface area contributed by atoms with Crippen LogP contribution in [0.5, 0.6) is 0 Å². The highest BCUT2D eigenvalue weighted by molar-refractivity contribution is 5.04. The molecule has 0 saturated carbocycles. The Morgan fingerprint density at radius 1 is 1.86 bits per heavy atom. The van der Waals surface area contributed by atoms with Gasteiger partial charge in [0.05, 0.1) is 0 Å². The lowest BCUT2D eigenvalue weighted by Crippen LogP contribution is -1.94. The Balaban J connectivity index is 3.42. The van der Waals surface area contributed by atoms with Crippen molar-refractivity contribution in [1.82, 2.24) is 0 Å². The minimum Gasteiger partial charge on any atom is -0.377 e. The van der Waals surface area contributed by atoms with E-state index in [4.69, 9.17) is 11.5 Å². The summed E-state index contributed by atoms with van der Waals surface area (Å²) < 4.78 is 0. The quantitative estimate of drug-likeness (QED) is 0.373. The van der Waals surface area contributed by atoms with Crippen LogP contribution in [-0.4, -0.2) is 11.2 Å². The lowest BCUT2D eigenvalue weighted by Gasteiger charge is -1.87. The van der Waals surface area contributed by atoms with Gasteiger partial charge in [-0.05, 0) is 13.0 Å². The van der Waals surface area contributed by atoms with Gasteiger partial charge in [-0.25, -0.2) is 0 Å². The van der Waals surface area contributed by atoms with E-state index in [-0.39, 0.29) is 0 Å². The first-order chi connectivity index (χ1) is 3.31. The Morgan fingerprint density at radius 3 is 2.57 bits per heavy atom. The molecule has 1 heteroatoms. The second kappa shape index (κ2) is 3.45. The molecule has 0 radical (unpaired) electrons. The zero-order chi connectivity index (χ0) is 5.70. The summed E-state index contributed by atoms with van der Waals surface area (Å²) in [6.45, 7) is 1.81. The average Bonchev–Trinajstić information content (AvgIpc) is 1.68. The fraction of sp³-hybridized carbons (Fsp3) is 0.333. The first kappa shape index (κ1) is 6.26. The predicted octanol–water partition coefficient (Wildman–Crippen LogP) is 0.557. The van der Waals surface area contributed by atoms with E-state index in [9.17, 15) is 0 Å². The van der Waals surface area contributed by atoms with E-state index in [0.717, 1.165) is 0 Å². The molecule has 0 spiro atoms. The third-order valence-corrected chi connectivity index (χ3v) is 0.546. The molecule has 0 aliphatic carbocycles. The smallest absolute Gasteiger partial charge is 0.133 e. The lowest BCUT2D eigenvalue weighted by molar-refractivity contribution is 0.281. The second-order valence-corrected chi connectivity index (χ2v) is 1.14. The third-order valence-electron chi connectivity index (χ3n) is 0.546. The number of hydrogen-bond donors (Lipinski definition) is 1. The lowest BCUT2D eigenvalue weighted by atomic mass is 10.3. The van der Waals surface area contributed by atoms with Gasteiger partial charge in [0.1, 0.15) is 6.10 Å². The van der Waals surface area contributed by atoms with Crippen molar-refractivity contribution in [1.29, 1.82) is 0 Å². The molecule has 0 fully saturated rings. The van der Waals surface area contributed by atoms with Gasteiger partial charge in [0.25, 0.3) is 0 Å². The van der Waals surface area contributed by atoms with E-state index in [1.54, 1.807) is 19.1 Å². The fourth-order valence-corrected chi connectivity index (χ4v) is 0.238. The van der Waals surface area contributed by atoms with Crippen LogP contribution in [0, 0.1) is 12.3 Å². The Labute approximate surface area is 43.7 Å². The molecule has 1 atom stereocenters. The predicted molar refractivity (Wildman–Crippen MR) is 29.7 cm³/mol. The molecule has 1 unspecified atom stereocenters. The molecule has 0 saturated heterocycles. The van der Waals surface area contributed by atoms with Crippen LogP contribution in [-0.2, 0) is 0 Å². The van der Waals surface area contributed by atoms with Gasteiger partial charge in [-0.3, -0.25) is 0 Å². The van der Waals surface area contributed by atoms with Gasteiger partial charge in [-0.2, -0.15) is 0 Å². The van der Waals surface area contributed by atoms with Crippen molar-refractivity contribution < 1.29 is 5.11 Å². The second-order valence-electron chi connectivity index (χ2n) is 1.14. The first-order valence-corrected chi connectivity index (χ1v) is 2.08. The highest BCUT2D eigenvalue weighted by Crippen LogP contribution is 1.79. The third kappa shape index (κ3) is 3.08. The van der Waals surface area contributed by atoms with Crippen molar-refractivity contribution in [3.63, 3.8) is 0 Å². The van der Waals surface area contributed by atoms with Gasteiger partial charge in [0, 0.05) is 0 Å². The number of aliphatic hydroxyl groups is 1. The van der Waals surface area contributed by atoms with Crippen molar-refractivity contribution >= 4 is 0 Å². The summed E-state index contributed by atoms with van der Waals surface area (Å²) in [5.74, 6) is 2.13. The van der Waals surface area contributed by atoms with E-state index in [1.165, 1.54) is 0 Å².